The van der Waals surface area contributed by atoms with Crippen LogP contribution in [0.4, 0.5) is 5.69 Å². The maximum atomic E-state index is 10.0. The van der Waals surface area contributed by atoms with Crippen LogP contribution in [0.2, 0.25) is 0 Å². The molecule has 0 amide bonds. The first-order valence-corrected chi connectivity index (χ1v) is 7.91. The Hall–Kier alpha value is -3.73. The lowest BCUT2D eigenvalue weighted by atomic mass is 10.2. The molecule has 0 radical (unpaired) electrons. The van der Waals surface area contributed by atoms with Gasteiger partial charge in [-0.2, -0.15) is 0 Å². The predicted molar refractivity (Wildman–Crippen MR) is 104 cm³/mol. The molecule has 3 aromatic carbocycles. The molecule has 0 fully saturated rings. The number of phenolic OH excluding ortho intramolecular Hbond substituents is 1. The van der Waals surface area contributed by atoms with Crippen LogP contribution in [0.25, 0.3) is 6.08 Å². The van der Waals surface area contributed by atoms with E-state index >= 15 is 0 Å². The number of hydrogen-bond donors (Lipinski definition) is 3. The Morgan fingerprint density at radius 3 is 2.12 bits per heavy atom. The third kappa shape index (κ3) is 6.41. The van der Waals surface area contributed by atoms with Crippen LogP contribution in [0.15, 0.2) is 85.1 Å². The first-order valence-electron chi connectivity index (χ1n) is 7.91. The molecule has 4 rings (SSSR count). The van der Waals surface area contributed by atoms with E-state index in [1.54, 1.807) is 18.3 Å². The molecule has 0 bridgehead atoms. The Kier molecular flexibility index (Phi) is 7.30. The molecule has 0 aromatic heterocycles. The summed E-state index contributed by atoms with van der Waals surface area (Å²) in [6.07, 6.45) is 4.47. The van der Waals surface area contributed by atoms with Crippen LogP contribution in [0, 0.1) is 0 Å². The molecule has 0 aliphatic carbocycles. The number of hydroxylamine groups is 1. The average molecular weight is 348 g/mol. The molecule has 0 atom stereocenters. The monoisotopic (exact) mass is 348 g/mol. The molecule has 4 N–H and O–H groups in total. The van der Waals surface area contributed by atoms with Gasteiger partial charge in [0.25, 0.3) is 0 Å². The summed E-state index contributed by atoms with van der Waals surface area (Å²) in [5.41, 5.74) is 10.5. The van der Waals surface area contributed by atoms with Gasteiger partial charge in [-0.05, 0) is 48.5 Å². The fourth-order valence-corrected chi connectivity index (χ4v) is 1.94. The number of carbonyl (C=O) groups excluding carboxylic acids is 1. The molecule has 5 nitrogen and oxygen atoms in total. The van der Waals surface area contributed by atoms with Gasteiger partial charge in [-0.25, -0.2) is 5.48 Å². The number of hydrogen-bond acceptors (Lipinski definition) is 5. The molecule has 3 aromatic rings. The van der Waals surface area contributed by atoms with Gasteiger partial charge in [-0.1, -0.05) is 36.4 Å². The Bertz CT molecular complexity index is 831. The highest BCUT2D eigenvalue weighted by Gasteiger charge is 2.01. The summed E-state index contributed by atoms with van der Waals surface area (Å²) in [5.74, 6) is 1.06. The Morgan fingerprint density at radius 2 is 1.54 bits per heavy atom. The normalized spacial score (nSPS) is 10.5. The first-order chi connectivity index (χ1) is 12.7. The van der Waals surface area contributed by atoms with Crippen molar-refractivity contribution >= 4 is 18.0 Å². The molecule has 26 heavy (non-hydrogen) atoms. The van der Waals surface area contributed by atoms with Crippen molar-refractivity contribution in [3.63, 3.8) is 0 Å². The van der Waals surface area contributed by atoms with Crippen LogP contribution in [0.1, 0.15) is 15.9 Å². The number of rotatable bonds is 1. The summed E-state index contributed by atoms with van der Waals surface area (Å²) in [7, 11) is 0. The Labute approximate surface area is 152 Å². The number of anilines is 1. The van der Waals surface area contributed by atoms with Crippen LogP contribution in [-0.4, -0.2) is 11.4 Å². The molecule has 1 heterocycles. The molecule has 0 saturated carbocycles. The summed E-state index contributed by atoms with van der Waals surface area (Å²) in [4.78, 5) is 15.1. The molecule has 0 spiro atoms. The van der Waals surface area contributed by atoms with Gasteiger partial charge in [0, 0.05) is 23.0 Å². The van der Waals surface area contributed by atoms with E-state index in [1.165, 1.54) is 12.1 Å². The summed E-state index contributed by atoms with van der Waals surface area (Å²) < 4.78 is 0. The second-order valence-corrected chi connectivity index (χ2v) is 5.21. The highest BCUT2D eigenvalue weighted by atomic mass is 16.6. The van der Waals surface area contributed by atoms with Crippen molar-refractivity contribution in [1.82, 2.24) is 5.48 Å². The largest absolute Gasteiger partial charge is 0.508 e. The lowest BCUT2D eigenvalue weighted by Gasteiger charge is -2.11. The maximum absolute atomic E-state index is 10.0. The van der Waals surface area contributed by atoms with Crippen LogP contribution in [0.3, 0.4) is 0 Å². The number of carbonyl (C=O) groups is 1. The van der Waals surface area contributed by atoms with Gasteiger partial charge in [-0.3, -0.25) is 4.79 Å². The summed E-state index contributed by atoms with van der Waals surface area (Å²) in [6, 6.07) is 23.4. The van der Waals surface area contributed by atoms with E-state index in [1.807, 2.05) is 60.7 Å². The topological polar surface area (TPSA) is 84.6 Å². The maximum Gasteiger partial charge on any atom is 0.162 e. The van der Waals surface area contributed by atoms with E-state index in [4.69, 9.17) is 15.7 Å². The zero-order chi connectivity index (χ0) is 18.6. The fraction of sp³-hybridized carbons (Fsp3) is 0. The lowest BCUT2D eigenvalue weighted by Crippen LogP contribution is -2.13. The van der Waals surface area contributed by atoms with Crippen LogP contribution in [-0.2, 0) is 0 Å². The van der Waals surface area contributed by atoms with Gasteiger partial charge in [0.05, 0.1) is 0 Å². The average Bonchev–Trinajstić information content (AvgIpc) is 2.70. The van der Waals surface area contributed by atoms with E-state index in [0.717, 1.165) is 23.3 Å². The van der Waals surface area contributed by atoms with Crippen molar-refractivity contribution in [3.8, 4) is 11.5 Å². The number of fused-ring (bicyclic) bond motifs is 1. The van der Waals surface area contributed by atoms with Crippen molar-refractivity contribution in [2.45, 2.75) is 0 Å². The molecule has 1 aliphatic heterocycles. The highest BCUT2D eigenvalue weighted by Crippen LogP contribution is 2.20. The smallest absolute Gasteiger partial charge is 0.162 e. The zero-order valence-corrected chi connectivity index (χ0v) is 14.1. The van der Waals surface area contributed by atoms with Gasteiger partial charge in [0.1, 0.15) is 12.0 Å². The third-order valence-electron chi connectivity index (χ3n) is 3.25. The second-order valence-electron chi connectivity index (χ2n) is 5.21. The third-order valence-corrected chi connectivity index (χ3v) is 3.25. The number of para-hydroxylation sites is 2. The number of aldehydes is 1. The van der Waals surface area contributed by atoms with Gasteiger partial charge < -0.3 is 15.7 Å². The molecular weight excluding hydrogens is 328 g/mol. The molecule has 0 unspecified atom stereocenters. The Morgan fingerprint density at radius 1 is 0.885 bits per heavy atom. The van der Waals surface area contributed by atoms with Crippen molar-refractivity contribution in [3.05, 3.63) is 96.2 Å². The number of benzene rings is 3. The zero-order valence-electron chi connectivity index (χ0n) is 14.1. The minimum Gasteiger partial charge on any atom is -0.508 e. The highest BCUT2D eigenvalue weighted by molar-refractivity contribution is 5.74. The quantitative estimate of drug-likeness (QED) is 0.457. The van der Waals surface area contributed by atoms with E-state index in [0.29, 0.717) is 5.56 Å². The second kappa shape index (κ2) is 10.2. The molecular formula is C21H20N2O3. The molecule has 0 saturated heterocycles. The fourth-order valence-electron chi connectivity index (χ4n) is 1.94. The Balaban J connectivity index is 0.000000143. The van der Waals surface area contributed by atoms with E-state index in [9.17, 15) is 4.79 Å². The van der Waals surface area contributed by atoms with Gasteiger partial charge in [-0.15, -0.1) is 0 Å². The number of aromatic hydroxyl groups is 1. The van der Waals surface area contributed by atoms with E-state index in [-0.39, 0.29) is 5.75 Å². The number of phenols is 1. The minimum atomic E-state index is 0.181. The standard InChI is InChI=1S/C8H7NO.C7H6O2.C6H7N/c1-2-4-8-7(3-1)5-6-9-10-8;8-5-6-1-3-7(9)4-2-6;7-6-4-2-1-3-5-6/h1-6,9H;1-5,9H;1-5H,7H2. The van der Waals surface area contributed by atoms with Gasteiger partial charge in [0.2, 0.25) is 0 Å². The van der Waals surface area contributed by atoms with Crippen LogP contribution in [0.5, 0.6) is 11.5 Å². The van der Waals surface area contributed by atoms with Crippen molar-refractivity contribution < 1.29 is 14.7 Å². The van der Waals surface area contributed by atoms with Crippen LogP contribution < -0.4 is 16.1 Å². The predicted octanol–water partition coefficient (Wildman–Crippen LogP) is 4.03. The summed E-state index contributed by atoms with van der Waals surface area (Å²) in [6.45, 7) is 0. The number of nitrogen functional groups attached to an aromatic ring is 1. The van der Waals surface area contributed by atoms with E-state index < -0.39 is 0 Å². The first kappa shape index (κ1) is 18.6. The van der Waals surface area contributed by atoms with Crippen molar-refractivity contribution in [2.75, 3.05) is 5.73 Å². The number of nitrogens with two attached hydrogens (primary N) is 1. The summed E-state index contributed by atoms with van der Waals surface area (Å²) in [5, 5.41) is 8.74. The number of nitrogens with one attached hydrogen (secondary N) is 1. The van der Waals surface area contributed by atoms with Crippen LogP contribution >= 0.6 is 0 Å². The minimum absolute atomic E-state index is 0.181. The lowest BCUT2D eigenvalue weighted by molar-refractivity contribution is 0.112. The van der Waals surface area contributed by atoms with E-state index in [2.05, 4.69) is 5.48 Å². The molecule has 5 heteroatoms. The molecule has 1 aliphatic rings. The summed E-state index contributed by atoms with van der Waals surface area (Å²) >= 11 is 0. The molecule has 132 valence electrons. The SMILES string of the molecule is C1=Cc2ccccc2ON1.Nc1ccccc1.O=Cc1ccc(O)cc1. The van der Waals surface area contributed by atoms with Crippen molar-refractivity contribution in [1.29, 1.82) is 0 Å². The van der Waals surface area contributed by atoms with Crippen molar-refractivity contribution in [2.24, 2.45) is 0 Å². The van der Waals surface area contributed by atoms with Gasteiger partial charge >= 0.3 is 0 Å². The van der Waals surface area contributed by atoms with Gasteiger partial charge in [0.15, 0.2) is 5.75 Å².